The third-order valence-electron chi connectivity index (χ3n) is 4.88. The predicted molar refractivity (Wildman–Crippen MR) is 84.8 cm³/mol. The van der Waals surface area contributed by atoms with E-state index >= 15 is 0 Å². The number of nitrogens with zero attached hydrogens (tertiary/aromatic N) is 1. The van der Waals surface area contributed by atoms with Crippen molar-refractivity contribution in [2.24, 2.45) is 5.92 Å². The van der Waals surface area contributed by atoms with E-state index in [-0.39, 0.29) is 6.04 Å². The highest BCUT2D eigenvalue weighted by Crippen LogP contribution is 2.36. The number of benzene rings is 1. The van der Waals surface area contributed by atoms with Gasteiger partial charge in [0.05, 0.1) is 6.04 Å². The zero-order chi connectivity index (χ0) is 14.7. The van der Waals surface area contributed by atoms with E-state index in [4.69, 9.17) is 0 Å². The maximum Gasteiger partial charge on any atom is 0.240 e. The predicted octanol–water partition coefficient (Wildman–Crippen LogP) is 2.96. The average Bonchev–Trinajstić information content (AvgIpc) is 3.38. The molecule has 2 atom stereocenters. The first-order valence-corrected chi connectivity index (χ1v) is 8.33. The van der Waals surface area contributed by atoms with Gasteiger partial charge in [0.2, 0.25) is 5.91 Å². The molecule has 114 valence electrons. The van der Waals surface area contributed by atoms with Crippen molar-refractivity contribution in [3.05, 3.63) is 35.9 Å². The van der Waals surface area contributed by atoms with E-state index in [0.29, 0.717) is 17.9 Å². The molecule has 1 saturated heterocycles. The molecular formula is C18H26N2O. The molecule has 1 aromatic rings. The number of amides is 1. The molecule has 1 amide bonds. The largest absolute Gasteiger partial charge is 0.334 e. The molecule has 0 bridgehead atoms. The summed E-state index contributed by atoms with van der Waals surface area (Å²) in [5, 5.41) is 3.41. The van der Waals surface area contributed by atoms with Crippen LogP contribution in [0.4, 0.5) is 0 Å². The fourth-order valence-corrected chi connectivity index (χ4v) is 3.30. The third kappa shape index (κ3) is 3.65. The van der Waals surface area contributed by atoms with Crippen molar-refractivity contribution in [2.75, 3.05) is 6.54 Å². The van der Waals surface area contributed by atoms with Crippen LogP contribution in [0.5, 0.6) is 0 Å². The summed E-state index contributed by atoms with van der Waals surface area (Å²) >= 11 is 0. The number of hydrogen-bond acceptors (Lipinski definition) is 2. The van der Waals surface area contributed by atoms with Crippen LogP contribution >= 0.6 is 0 Å². The van der Waals surface area contributed by atoms with Crippen molar-refractivity contribution >= 4 is 5.91 Å². The summed E-state index contributed by atoms with van der Waals surface area (Å²) in [5.74, 6) is 1.01. The molecule has 1 aliphatic heterocycles. The number of hydrogen-bond donors (Lipinski definition) is 1. The van der Waals surface area contributed by atoms with Gasteiger partial charge in [-0.25, -0.2) is 0 Å². The Kier molecular flexibility index (Phi) is 4.59. The van der Waals surface area contributed by atoms with Crippen LogP contribution in [0.2, 0.25) is 0 Å². The van der Waals surface area contributed by atoms with Gasteiger partial charge in [0.15, 0.2) is 0 Å². The molecule has 21 heavy (non-hydrogen) atoms. The maximum absolute atomic E-state index is 12.9. The minimum absolute atomic E-state index is 0.0312. The van der Waals surface area contributed by atoms with E-state index in [1.165, 1.54) is 31.2 Å². The van der Waals surface area contributed by atoms with E-state index in [1.54, 1.807) is 0 Å². The standard InChI is InChI=1S/C18H26N2O/c1-14(16-10-11-16)20(13-15-7-3-2-4-8-15)18(21)17-9-5-6-12-19-17/h2-4,7-8,14,16-17,19H,5-6,9-13H2,1H3. The molecule has 2 aliphatic rings. The van der Waals surface area contributed by atoms with Crippen molar-refractivity contribution in [2.45, 2.75) is 57.7 Å². The molecular weight excluding hydrogens is 260 g/mol. The van der Waals surface area contributed by atoms with Crippen LogP contribution in [0.3, 0.4) is 0 Å². The molecule has 0 radical (unpaired) electrons. The second kappa shape index (κ2) is 6.61. The second-order valence-electron chi connectivity index (χ2n) is 6.53. The maximum atomic E-state index is 12.9. The van der Waals surface area contributed by atoms with Crippen LogP contribution in [0.1, 0.15) is 44.6 Å². The highest BCUT2D eigenvalue weighted by molar-refractivity contribution is 5.82. The van der Waals surface area contributed by atoms with Crippen LogP contribution in [-0.4, -0.2) is 29.4 Å². The first-order chi connectivity index (χ1) is 10.3. The van der Waals surface area contributed by atoms with Gasteiger partial charge in [-0.2, -0.15) is 0 Å². The van der Waals surface area contributed by atoms with Gasteiger partial charge in [-0.1, -0.05) is 36.8 Å². The van der Waals surface area contributed by atoms with Gasteiger partial charge in [-0.3, -0.25) is 4.79 Å². The van der Waals surface area contributed by atoms with Crippen LogP contribution < -0.4 is 5.32 Å². The molecule has 1 heterocycles. The van der Waals surface area contributed by atoms with Gasteiger partial charge >= 0.3 is 0 Å². The van der Waals surface area contributed by atoms with Gasteiger partial charge < -0.3 is 10.2 Å². The fraction of sp³-hybridized carbons (Fsp3) is 0.611. The van der Waals surface area contributed by atoms with Crippen molar-refractivity contribution < 1.29 is 4.79 Å². The minimum Gasteiger partial charge on any atom is -0.334 e. The molecule has 3 nitrogen and oxygen atoms in total. The van der Waals surface area contributed by atoms with Gasteiger partial charge in [0.1, 0.15) is 0 Å². The minimum atomic E-state index is 0.0312. The number of carbonyl (C=O) groups is 1. The first kappa shape index (κ1) is 14.6. The zero-order valence-electron chi connectivity index (χ0n) is 12.9. The lowest BCUT2D eigenvalue weighted by Crippen LogP contribution is -2.51. The third-order valence-corrected chi connectivity index (χ3v) is 4.88. The highest BCUT2D eigenvalue weighted by atomic mass is 16.2. The summed E-state index contributed by atoms with van der Waals surface area (Å²) in [7, 11) is 0. The average molecular weight is 286 g/mol. The number of rotatable bonds is 5. The molecule has 3 heteroatoms. The van der Waals surface area contributed by atoms with Crippen molar-refractivity contribution in [1.29, 1.82) is 0 Å². The SMILES string of the molecule is CC(C1CC1)N(Cc1ccccc1)C(=O)C1CCCCN1. The van der Waals surface area contributed by atoms with Gasteiger partial charge in [-0.05, 0) is 50.6 Å². The summed E-state index contributed by atoms with van der Waals surface area (Å²) in [6, 6.07) is 10.8. The molecule has 1 saturated carbocycles. The Labute approximate surface area is 127 Å². The van der Waals surface area contributed by atoms with Crippen molar-refractivity contribution in [3.63, 3.8) is 0 Å². The smallest absolute Gasteiger partial charge is 0.240 e. The lowest BCUT2D eigenvalue weighted by atomic mass is 10.0. The molecule has 1 N–H and O–H groups in total. The molecule has 0 spiro atoms. The Balaban J connectivity index is 1.73. The normalized spacial score (nSPS) is 23.6. The summed E-state index contributed by atoms with van der Waals surface area (Å²) in [5.41, 5.74) is 1.23. The molecule has 1 aromatic carbocycles. The van der Waals surface area contributed by atoms with Gasteiger partial charge in [0.25, 0.3) is 0 Å². The summed E-state index contributed by atoms with van der Waals surface area (Å²) < 4.78 is 0. The molecule has 2 unspecified atom stereocenters. The fourth-order valence-electron chi connectivity index (χ4n) is 3.30. The molecule has 2 fully saturated rings. The van der Waals surface area contributed by atoms with E-state index in [2.05, 4.69) is 41.4 Å². The van der Waals surface area contributed by atoms with E-state index < -0.39 is 0 Å². The number of carbonyl (C=O) groups excluding carboxylic acids is 1. The van der Waals surface area contributed by atoms with Crippen LogP contribution in [-0.2, 0) is 11.3 Å². The summed E-state index contributed by atoms with van der Waals surface area (Å²) in [6.45, 7) is 3.95. The second-order valence-corrected chi connectivity index (χ2v) is 6.53. The molecule has 1 aliphatic carbocycles. The van der Waals surface area contributed by atoms with E-state index in [1.807, 2.05) is 6.07 Å². The Bertz CT molecular complexity index is 463. The monoisotopic (exact) mass is 286 g/mol. The zero-order valence-corrected chi connectivity index (χ0v) is 12.9. The molecule has 0 aromatic heterocycles. The van der Waals surface area contributed by atoms with Gasteiger partial charge in [-0.15, -0.1) is 0 Å². The summed E-state index contributed by atoms with van der Waals surface area (Å²) in [4.78, 5) is 15.1. The lowest BCUT2D eigenvalue weighted by Gasteiger charge is -2.34. The number of nitrogens with one attached hydrogen (secondary N) is 1. The van der Waals surface area contributed by atoms with Crippen molar-refractivity contribution in [3.8, 4) is 0 Å². The Morgan fingerprint density at radius 2 is 2.00 bits per heavy atom. The van der Waals surface area contributed by atoms with Gasteiger partial charge in [0, 0.05) is 12.6 Å². The topological polar surface area (TPSA) is 32.3 Å². The summed E-state index contributed by atoms with van der Waals surface area (Å²) in [6.07, 6.45) is 5.90. The Hall–Kier alpha value is -1.35. The van der Waals surface area contributed by atoms with E-state index in [9.17, 15) is 4.79 Å². The Morgan fingerprint density at radius 1 is 1.24 bits per heavy atom. The Morgan fingerprint density at radius 3 is 2.62 bits per heavy atom. The van der Waals surface area contributed by atoms with Crippen molar-refractivity contribution in [1.82, 2.24) is 10.2 Å². The lowest BCUT2D eigenvalue weighted by molar-refractivity contribution is -0.137. The first-order valence-electron chi connectivity index (χ1n) is 8.33. The molecule has 3 rings (SSSR count). The van der Waals surface area contributed by atoms with Crippen LogP contribution in [0, 0.1) is 5.92 Å². The highest BCUT2D eigenvalue weighted by Gasteiger charge is 2.36. The number of piperidine rings is 1. The van der Waals surface area contributed by atoms with E-state index in [0.717, 1.165) is 19.5 Å². The quantitative estimate of drug-likeness (QED) is 0.902. The van der Waals surface area contributed by atoms with Crippen LogP contribution in [0.25, 0.3) is 0 Å². The van der Waals surface area contributed by atoms with Crippen LogP contribution in [0.15, 0.2) is 30.3 Å².